The van der Waals surface area contributed by atoms with Gasteiger partial charge in [-0.05, 0) is 61.4 Å². The quantitative estimate of drug-likeness (QED) is 0.769. The predicted molar refractivity (Wildman–Crippen MR) is 107 cm³/mol. The molecule has 1 aliphatic rings. The Hall–Kier alpha value is -2.09. The molecule has 0 spiro atoms. The van der Waals surface area contributed by atoms with Crippen molar-refractivity contribution in [2.45, 2.75) is 17.7 Å². The molecule has 0 aromatic heterocycles. The van der Waals surface area contributed by atoms with Crippen LogP contribution in [0.2, 0.25) is 5.02 Å². The van der Waals surface area contributed by atoms with E-state index in [9.17, 15) is 13.2 Å². The highest BCUT2D eigenvalue weighted by molar-refractivity contribution is 7.91. The average molecular weight is 424 g/mol. The van der Waals surface area contributed by atoms with Crippen molar-refractivity contribution in [3.05, 3.63) is 53.6 Å². The second-order valence-electron chi connectivity index (χ2n) is 6.76. The Balaban J connectivity index is 1.77. The van der Waals surface area contributed by atoms with Gasteiger partial charge in [-0.1, -0.05) is 11.6 Å². The van der Waals surface area contributed by atoms with Crippen LogP contribution in [0.25, 0.3) is 0 Å². The Kier molecular flexibility index (Phi) is 6.27. The summed E-state index contributed by atoms with van der Waals surface area (Å²) in [6.45, 7) is 0.744. The highest BCUT2D eigenvalue weighted by Crippen LogP contribution is 2.35. The predicted octanol–water partition coefficient (Wildman–Crippen LogP) is 3.45. The molecular weight excluding hydrogens is 402 g/mol. The highest BCUT2D eigenvalue weighted by Gasteiger charge is 2.43. The van der Waals surface area contributed by atoms with Crippen LogP contribution in [-0.4, -0.2) is 40.3 Å². The van der Waals surface area contributed by atoms with E-state index in [1.807, 2.05) is 0 Å². The fraction of sp³-hybridized carbons (Fsp3) is 0.350. The smallest absolute Gasteiger partial charge is 0.227 e. The molecule has 0 unspecified atom stereocenters. The van der Waals surface area contributed by atoms with Gasteiger partial charge >= 0.3 is 0 Å². The summed E-state index contributed by atoms with van der Waals surface area (Å²) in [5.41, 5.74) is -0.968. The van der Waals surface area contributed by atoms with Gasteiger partial charge in [0.1, 0.15) is 11.5 Å². The summed E-state index contributed by atoms with van der Waals surface area (Å²) in [7, 11) is -2.14. The Morgan fingerprint density at radius 1 is 1.07 bits per heavy atom. The minimum absolute atomic E-state index is 0.158. The molecule has 3 rings (SSSR count). The van der Waals surface area contributed by atoms with E-state index in [2.05, 4.69) is 5.32 Å². The molecule has 2 aromatic rings. The SMILES string of the molecule is CNC(=O)C1(CS(=O)(=O)c2ccc(Oc3ccc(Cl)cc3)cc2)CCOCC1. The molecule has 1 fully saturated rings. The second-order valence-corrected chi connectivity index (χ2v) is 9.18. The molecular formula is C20H22ClNO5S. The molecule has 28 heavy (non-hydrogen) atoms. The summed E-state index contributed by atoms with van der Waals surface area (Å²) in [6.07, 6.45) is 0.757. The third-order valence-electron chi connectivity index (χ3n) is 4.86. The Labute approximate surface area is 169 Å². The molecule has 1 amide bonds. The van der Waals surface area contributed by atoms with Gasteiger partial charge in [-0.15, -0.1) is 0 Å². The molecule has 150 valence electrons. The summed E-state index contributed by atoms with van der Waals surface area (Å²) < 4.78 is 36.9. The van der Waals surface area contributed by atoms with Crippen molar-refractivity contribution in [3.63, 3.8) is 0 Å². The van der Waals surface area contributed by atoms with Gasteiger partial charge < -0.3 is 14.8 Å². The molecule has 6 nitrogen and oxygen atoms in total. The fourth-order valence-electron chi connectivity index (χ4n) is 3.27. The summed E-state index contributed by atoms with van der Waals surface area (Å²) in [6, 6.07) is 13.1. The van der Waals surface area contributed by atoms with Crippen molar-refractivity contribution in [2.75, 3.05) is 26.0 Å². The zero-order valence-electron chi connectivity index (χ0n) is 15.5. The highest BCUT2D eigenvalue weighted by atomic mass is 35.5. The van der Waals surface area contributed by atoms with Crippen LogP contribution in [0.15, 0.2) is 53.4 Å². The van der Waals surface area contributed by atoms with Crippen LogP contribution >= 0.6 is 11.6 Å². The van der Waals surface area contributed by atoms with Gasteiger partial charge in [-0.2, -0.15) is 0 Å². The monoisotopic (exact) mass is 423 g/mol. The second kappa shape index (κ2) is 8.51. The lowest BCUT2D eigenvalue weighted by Crippen LogP contribution is -2.47. The van der Waals surface area contributed by atoms with Crippen molar-refractivity contribution < 1.29 is 22.7 Å². The third kappa shape index (κ3) is 4.66. The van der Waals surface area contributed by atoms with Crippen molar-refractivity contribution in [3.8, 4) is 11.5 Å². The number of benzene rings is 2. The molecule has 1 aliphatic heterocycles. The molecule has 0 bridgehead atoms. The standard InChI is InChI=1S/C20H22ClNO5S/c1-22-19(23)20(10-12-26-13-11-20)14-28(24,25)18-8-6-17(7-9-18)27-16-4-2-15(21)3-5-16/h2-9H,10-14H2,1H3,(H,22,23). The zero-order valence-corrected chi connectivity index (χ0v) is 17.1. The van der Waals surface area contributed by atoms with Crippen molar-refractivity contribution in [1.82, 2.24) is 5.32 Å². The molecule has 0 aliphatic carbocycles. The normalized spacial score (nSPS) is 16.4. The summed E-state index contributed by atoms with van der Waals surface area (Å²) in [5, 5.41) is 3.21. The van der Waals surface area contributed by atoms with E-state index in [0.29, 0.717) is 42.6 Å². The lowest BCUT2D eigenvalue weighted by molar-refractivity contribution is -0.134. The Morgan fingerprint density at radius 2 is 1.61 bits per heavy atom. The van der Waals surface area contributed by atoms with Gasteiger partial charge in [0.05, 0.1) is 16.1 Å². The van der Waals surface area contributed by atoms with Gasteiger partial charge in [-0.25, -0.2) is 8.42 Å². The lowest BCUT2D eigenvalue weighted by atomic mass is 9.81. The molecule has 1 heterocycles. The first-order valence-corrected chi connectivity index (χ1v) is 10.9. The van der Waals surface area contributed by atoms with Crippen LogP contribution in [0.1, 0.15) is 12.8 Å². The van der Waals surface area contributed by atoms with Gasteiger partial charge in [0.15, 0.2) is 9.84 Å². The summed E-state index contributed by atoms with van der Waals surface area (Å²) in [5.74, 6) is 0.594. The molecule has 0 saturated carbocycles. The average Bonchev–Trinajstić information content (AvgIpc) is 2.70. The van der Waals surface area contributed by atoms with Crippen LogP contribution in [-0.2, 0) is 19.4 Å². The molecule has 0 atom stereocenters. The first-order chi connectivity index (χ1) is 13.3. The van der Waals surface area contributed by atoms with Crippen LogP contribution in [0.3, 0.4) is 0 Å². The van der Waals surface area contributed by atoms with Gasteiger partial charge in [-0.3, -0.25) is 4.79 Å². The molecule has 1 saturated heterocycles. The summed E-state index contributed by atoms with van der Waals surface area (Å²) in [4.78, 5) is 12.6. The number of ether oxygens (including phenoxy) is 2. The van der Waals surface area contributed by atoms with E-state index in [-0.39, 0.29) is 16.6 Å². The number of nitrogens with one attached hydrogen (secondary N) is 1. The number of amides is 1. The van der Waals surface area contributed by atoms with E-state index in [1.165, 1.54) is 19.2 Å². The topological polar surface area (TPSA) is 81.7 Å². The largest absolute Gasteiger partial charge is 0.457 e. The van der Waals surface area contributed by atoms with Crippen LogP contribution in [0.5, 0.6) is 11.5 Å². The van der Waals surface area contributed by atoms with E-state index in [1.54, 1.807) is 36.4 Å². The number of hydrogen-bond acceptors (Lipinski definition) is 5. The number of carbonyl (C=O) groups is 1. The first kappa shape index (κ1) is 20.6. The van der Waals surface area contributed by atoms with Crippen LogP contribution in [0, 0.1) is 5.41 Å². The zero-order chi connectivity index (χ0) is 20.2. The molecule has 2 aromatic carbocycles. The molecule has 0 radical (unpaired) electrons. The van der Waals surface area contributed by atoms with E-state index in [0.717, 1.165) is 0 Å². The third-order valence-corrected chi connectivity index (χ3v) is 7.03. The van der Waals surface area contributed by atoms with Gasteiger partial charge in [0.25, 0.3) is 0 Å². The number of sulfone groups is 1. The number of rotatable bonds is 6. The summed E-state index contributed by atoms with van der Waals surface area (Å²) >= 11 is 5.85. The lowest BCUT2D eigenvalue weighted by Gasteiger charge is -2.34. The maximum atomic E-state index is 13.0. The fourth-order valence-corrected chi connectivity index (χ4v) is 5.26. The first-order valence-electron chi connectivity index (χ1n) is 8.91. The number of carbonyl (C=O) groups excluding carboxylic acids is 1. The minimum Gasteiger partial charge on any atom is -0.457 e. The maximum Gasteiger partial charge on any atom is 0.227 e. The van der Waals surface area contributed by atoms with E-state index in [4.69, 9.17) is 21.1 Å². The number of hydrogen-bond donors (Lipinski definition) is 1. The van der Waals surface area contributed by atoms with Gasteiger partial charge in [0.2, 0.25) is 5.91 Å². The molecule has 8 heteroatoms. The van der Waals surface area contributed by atoms with Crippen LogP contribution < -0.4 is 10.1 Å². The van der Waals surface area contributed by atoms with Crippen molar-refractivity contribution >= 4 is 27.3 Å². The van der Waals surface area contributed by atoms with Gasteiger partial charge in [0, 0.05) is 25.3 Å². The van der Waals surface area contributed by atoms with Crippen molar-refractivity contribution in [1.29, 1.82) is 0 Å². The maximum absolute atomic E-state index is 13.0. The minimum atomic E-state index is -3.66. The van der Waals surface area contributed by atoms with Crippen LogP contribution in [0.4, 0.5) is 0 Å². The van der Waals surface area contributed by atoms with E-state index < -0.39 is 15.3 Å². The molecule has 1 N–H and O–H groups in total. The van der Waals surface area contributed by atoms with Crippen molar-refractivity contribution in [2.24, 2.45) is 5.41 Å². The van der Waals surface area contributed by atoms with E-state index >= 15 is 0 Å². The Morgan fingerprint density at radius 3 is 2.14 bits per heavy atom. The number of halogens is 1. The Bertz CT molecular complexity index is 920.